The average Bonchev–Trinajstić information content (AvgIpc) is 2.42. The summed E-state index contributed by atoms with van der Waals surface area (Å²) in [6.07, 6.45) is 1.17. The van der Waals surface area contributed by atoms with Crippen LogP contribution in [0.3, 0.4) is 0 Å². The van der Waals surface area contributed by atoms with Gasteiger partial charge in [0.1, 0.15) is 6.20 Å². The first-order chi connectivity index (χ1) is 6.16. The van der Waals surface area contributed by atoms with Crippen molar-refractivity contribution in [3.05, 3.63) is 26.8 Å². The first-order valence-electron chi connectivity index (χ1n) is 3.23. The number of aromatic nitrogens is 2. The van der Waals surface area contributed by atoms with Crippen molar-refractivity contribution in [2.24, 2.45) is 0 Å². The predicted octanol–water partition coefficient (Wildman–Crippen LogP) is 2.25. The molecule has 0 unspecified atom stereocenters. The summed E-state index contributed by atoms with van der Waals surface area (Å²) in [6, 6.07) is 1.41. The third kappa shape index (κ3) is 1.45. The average molecular weight is 216 g/mol. The minimum Gasteiger partial charge on any atom is -0.258 e. The Kier molecular flexibility index (Phi) is 1.86. The van der Waals surface area contributed by atoms with Crippen molar-refractivity contribution < 1.29 is 4.92 Å². The molecule has 0 spiro atoms. The first kappa shape index (κ1) is 8.33. The molecule has 7 heteroatoms. The molecular weight excluding hydrogens is 214 g/mol. The van der Waals surface area contributed by atoms with Crippen LogP contribution in [-0.4, -0.2) is 14.9 Å². The van der Waals surface area contributed by atoms with E-state index in [1.807, 2.05) is 0 Å². The lowest BCUT2D eigenvalue weighted by Gasteiger charge is -1.88. The Morgan fingerprint density at radius 2 is 2.38 bits per heavy atom. The molecule has 0 aliphatic carbocycles. The molecule has 0 atom stereocenters. The smallest absolute Gasteiger partial charge is 0.258 e. The van der Waals surface area contributed by atoms with Crippen LogP contribution in [0, 0.1) is 10.1 Å². The highest BCUT2D eigenvalue weighted by Crippen LogP contribution is 2.26. The highest BCUT2D eigenvalue weighted by Gasteiger charge is 2.10. The second kappa shape index (κ2) is 2.90. The van der Waals surface area contributed by atoms with Crippen molar-refractivity contribution >= 4 is 39.0 Å². The molecule has 0 saturated heterocycles. The third-order valence-electron chi connectivity index (χ3n) is 1.42. The topological polar surface area (TPSA) is 68.9 Å². The summed E-state index contributed by atoms with van der Waals surface area (Å²) < 4.78 is 0.960. The molecule has 0 aliphatic heterocycles. The van der Waals surface area contributed by atoms with Gasteiger partial charge in [-0.05, 0) is 0 Å². The predicted molar refractivity (Wildman–Crippen MR) is 49.1 cm³/mol. The van der Waals surface area contributed by atoms with Crippen LogP contribution in [0.5, 0.6) is 0 Å². The second-order valence-corrected chi connectivity index (χ2v) is 3.85. The van der Waals surface area contributed by atoms with E-state index in [0.717, 1.165) is 0 Å². The Bertz CT molecular complexity index is 484. The number of hydrogen-bond donors (Lipinski definition) is 0. The monoisotopic (exact) mass is 215 g/mol. The Morgan fingerprint density at radius 1 is 1.62 bits per heavy atom. The van der Waals surface area contributed by atoms with E-state index in [4.69, 9.17) is 11.6 Å². The number of halogens is 1. The lowest BCUT2D eigenvalue weighted by molar-refractivity contribution is -0.385. The molecule has 2 rings (SSSR count). The molecule has 0 saturated carbocycles. The molecule has 0 amide bonds. The van der Waals surface area contributed by atoms with Gasteiger partial charge in [-0.1, -0.05) is 11.6 Å². The van der Waals surface area contributed by atoms with Gasteiger partial charge in [0.15, 0.2) is 10.1 Å². The zero-order valence-electron chi connectivity index (χ0n) is 6.10. The number of rotatable bonds is 1. The number of hydrogen-bond acceptors (Lipinski definition) is 5. The summed E-state index contributed by atoms with van der Waals surface area (Å²) in [5.74, 6) is 0. The van der Waals surface area contributed by atoms with Gasteiger partial charge in [-0.25, -0.2) is 9.97 Å². The maximum atomic E-state index is 10.4. The largest absolute Gasteiger partial charge is 0.289 e. The fraction of sp³-hybridized carbons (Fsp3) is 0. The van der Waals surface area contributed by atoms with E-state index in [2.05, 4.69) is 9.97 Å². The fourth-order valence-electron chi connectivity index (χ4n) is 0.883. The molecule has 0 aromatic carbocycles. The van der Waals surface area contributed by atoms with Gasteiger partial charge in [-0.15, -0.1) is 11.3 Å². The van der Waals surface area contributed by atoms with Crippen LogP contribution in [0.1, 0.15) is 0 Å². The van der Waals surface area contributed by atoms with Crippen molar-refractivity contribution in [1.29, 1.82) is 0 Å². The fourth-order valence-corrected chi connectivity index (χ4v) is 1.90. The summed E-state index contributed by atoms with van der Waals surface area (Å²) in [4.78, 5) is 17.5. The molecule has 2 aromatic rings. The van der Waals surface area contributed by atoms with Gasteiger partial charge in [0.25, 0.3) is 5.69 Å². The molecule has 0 N–H and O–H groups in total. The summed E-state index contributed by atoms with van der Waals surface area (Å²) in [6.45, 7) is 0. The lowest BCUT2D eigenvalue weighted by Crippen LogP contribution is -1.88. The van der Waals surface area contributed by atoms with Gasteiger partial charge < -0.3 is 0 Å². The van der Waals surface area contributed by atoms with Crippen LogP contribution in [0.25, 0.3) is 10.3 Å². The molecule has 13 heavy (non-hydrogen) atoms. The Balaban J connectivity index is 2.67. The van der Waals surface area contributed by atoms with Crippen LogP contribution in [0.15, 0.2) is 12.3 Å². The minimum absolute atomic E-state index is 0.0483. The number of fused-ring (bicyclic) bond motifs is 1. The van der Waals surface area contributed by atoms with Crippen molar-refractivity contribution in [3.8, 4) is 0 Å². The molecular formula is C6H2ClN3O2S. The number of nitrogens with zero attached hydrogens (tertiary/aromatic N) is 3. The van der Waals surface area contributed by atoms with Gasteiger partial charge in [0.2, 0.25) is 0 Å². The number of thiazole rings is 1. The normalized spacial score (nSPS) is 10.5. The molecule has 66 valence electrons. The first-order valence-corrected chi connectivity index (χ1v) is 4.43. The van der Waals surface area contributed by atoms with Crippen LogP contribution < -0.4 is 0 Å². The zero-order valence-corrected chi connectivity index (χ0v) is 7.67. The Morgan fingerprint density at radius 3 is 3.08 bits per heavy atom. The molecule has 0 fully saturated rings. The van der Waals surface area contributed by atoms with E-state index in [-0.39, 0.29) is 5.69 Å². The van der Waals surface area contributed by atoms with Crippen LogP contribution in [-0.2, 0) is 0 Å². The van der Waals surface area contributed by atoms with E-state index in [0.29, 0.717) is 14.8 Å². The van der Waals surface area contributed by atoms with E-state index >= 15 is 0 Å². The number of pyridine rings is 1. The van der Waals surface area contributed by atoms with Crippen molar-refractivity contribution in [1.82, 2.24) is 9.97 Å². The zero-order chi connectivity index (χ0) is 9.42. The third-order valence-corrected chi connectivity index (χ3v) is 2.51. The lowest BCUT2D eigenvalue weighted by atomic mass is 10.4. The quantitative estimate of drug-likeness (QED) is 0.540. The van der Waals surface area contributed by atoms with E-state index < -0.39 is 4.92 Å². The van der Waals surface area contributed by atoms with Crippen LogP contribution in [0.2, 0.25) is 4.47 Å². The van der Waals surface area contributed by atoms with Crippen molar-refractivity contribution in [3.63, 3.8) is 0 Å². The second-order valence-electron chi connectivity index (χ2n) is 2.24. The van der Waals surface area contributed by atoms with E-state index in [9.17, 15) is 10.1 Å². The van der Waals surface area contributed by atoms with Crippen LogP contribution >= 0.6 is 22.9 Å². The Labute approximate surface area is 81.1 Å². The minimum atomic E-state index is -0.500. The summed E-state index contributed by atoms with van der Waals surface area (Å²) in [5, 5.41) is 10.4. The van der Waals surface area contributed by atoms with Crippen molar-refractivity contribution in [2.45, 2.75) is 0 Å². The van der Waals surface area contributed by atoms with E-state index in [1.54, 1.807) is 0 Å². The summed E-state index contributed by atoms with van der Waals surface area (Å²) in [7, 11) is 0. The molecule has 0 bridgehead atoms. The maximum Gasteiger partial charge on any atom is 0.289 e. The summed E-state index contributed by atoms with van der Waals surface area (Å²) in [5.41, 5.74) is 0.397. The van der Waals surface area contributed by atoms with Crippen molar-refractivity contribution in [2.75, 3.05) is 0 Å². The SMILES string of the molecule is O=[N+]([O-])c1cnc2nc(Cl)sc2c1. The van der Waals surface area contributed by atoms with Gasteiger partial charge >= 0.3 is 0 Å². The molecule has 0 radical (unpaired) electrons. The highest BCUT2D eigenvalue weighted by atomic mass is 35.5. The van der Waals surface area contributed by atoms with Gasteiger partial charge in [-0.2, -0.15) is 0 Å². The maximum absolute atomic E-state index is 10.4. The molecule has 0 aliphatic rings. The van der Waals surface area contributed by atoms with Gasteiger partial charge in [0.05, 0.1) is 9.62 Å². The molecule has 2 aromatic heterocycles. The van der Waals surface area contributed by atoms with Gasteiger partial charge in [0, 0.05) is 6.07 Å². The highest BCUT2D eigenvalue weighted by molar-refractivity contribution is 7.22. The summed E-state index contributed by atoms with van der Waals surface area (Å²) >= 11 is 6.78. The number of nitro groups is 1. The van der Waals surface area contributed by atoms with E-state index in [1.165, 1.54) is 23.6 Å². The standard InChI is InChI=1S/C6H2ClN3O2S/c7-6-9-5-4(13-6)1-3(2-8-5)10(11)12/h1-2H. The van der Waals surface area contributed by atoms with Crippen LogP contribution in [0.4, 0.5) is 5.69 Å². The Hall–Kier alpha value is -1.27. The molecule has 2 heterocycles. The van der Waals surface area contributed by atoms with Gasteiger partial charge in [-0.3, -0.25) is 10.1 Å². The molecule has 5 nitrogen and oxygen atoms in total.